The van der Waals surface area contributed by atoms with Crippen LogP contribution < -0.4 is 10.9 Å². The van der Waals surface area contributed by atoms with Crippen molar-refractivity contribution in [3.63, 3.8) is 0 Å². The molecule has 2 aromatic heterocycles. The number of nitrogens with one attached hydrogen (secondary N) is 1. The molecule has 8 heteroatoms. The van der Waals surface area contributed by atoms with Gasteiger partial charge in [-0.05, 0) is 18.9 Å². The predicted octanol–water partition coefficient (Wildman–Crippen LogP) is 1.69. The molecule has 3 aromatic rings. The minimum Gasteiger partial charge on any atom is -0.394 e. The Labute approximate surface area is 168 Å². The molecule has 8 nitrogen and oxygen atoms in total. The molecule has 1 atom stereocenters. The standard InChI is InChI=1S/C21H25N5O3/c1-13(2)19(12-27)23-20(28)17-9-18(15-7-5-14(3)6-8-15)24-26(21(17)29)16-10-22-25(4)11-16/h5-11,13,19,27H,12H2,1-4H3,(H,23,28)/t19-/m1/s1. The first-order valence-corrected chi connectivity index (χ1v) is 9.42. The van der Waals surface area contributed by atoms with Gasteiger partial charge in [0.05, 0.1) is 30.7 Å². The van der Waals surface area contributed by atoms with Gasteiger partial charge in [0.25, 0.3) is 11.5 Å². The van der Waals surface area contributed by atoms with Crippen LogP contribution in [0.1, 0.15) is 29.8 Å². The maximum absolute atomic E-state index is 13.0. The highest BCUT2D eigenvalue weighted by Crippen LogP contribution is 2.18. The number of carbonyl (C=O) groups excluding carboxylic acids is 1. The summed E-state index contributed by atoms with van der Waals surface area (Å²) in [6.45, 7) is 5.54. The van der Waals surface area contributed by atoms with Crippen molar-refractivity contribution in [3.8, 4) is 16.9 Å². The third-order valence-corrected chi connectivity index (χ3v) is 4.76. The topological polar surface area (TPSA) is 102 Å². The molecule has 0 unspecified atom stereocenters. The second-order valence-electron chi connectivity index (χ2n) is 7.40. The number of amides is 1. The first-order valence-electron chi connectivity index (χ1n) is 9.42. The van der Waals surface area contributed by atoms with E-state index in [1.807, 2.05) is 45.0 Å². The number of nitrogens with zero attached hydrogens (tertiary/aromatic N) is 4. The van der Waals surface area contributed by atoms with Gasteiger partial charge < -0.3 is 10.4 Å². The van der Waals surface area contributed by atoms with Crippen molar-refractivity contribution in [2.45, 2.75) is 26.8 Å². The highest BCUT2D eigenvalue weighted by Gasteiger charge is 2.22. The molecule has 1 amide bonds. The van der Waals surface area contributed by atoms with Crippen LogP contribution in [0.2, 0.25) is 0 Å². The minimum atomic E-state index is -0.549. The zero-order chi connectivity index (χ0) is 21.1. The first kappa shape index (κ1) is 20.5. The molecule has 0 aliphatic heterocycles. The van der Waals surface area contributed by atoms with Gasteiger partial charge in [-0.1, -0.05) is 43.7 Å². The molecule has 1 aromatic carbocycles. The molecule has 3 rings (SSSR count). The van der Waals surface area contributed by atoms with E-state index in [-0.39, 0.29) is 18.1 Å². The lowest BCUT2D eigenvalue weighted by Crippen LogP contribution is -2.43. The van der Waals surface area contributed by atoms with Crippen molar-refractivity contribution >= 4 is 5.91 Å². The summed E-state index contributed by atoms with van der Waals surface area (Å²) in [6, 6.07) is 8.70. The number of aryl methyl sites for hydroxylation is 2. The van der Waals surface area contributed by atoms with Gasteiger partial charge in [-0.15, -0.1) is 0 Å². The number of carbonyl (C=O) groups is 1. The van der Waals surface area contributed by atoms with Crippen LogP contribution in [0.15, 0.2) is 47.5 Å². The molecular formula is C21H25N5O3. The minimum absolute atomic E-state index is 0.0166. The molecule has 2 heterocycles. The van der Waals surface area contributed by atoms with E-state index >= 15 is 0 Å². The fraction of sp³-hybridized carbons (Fsp3) is 0.333. The third-order valence-electron chi connectivity index (χ3n) is 4.76. The molecule has 29 heavy (non-hydrogen) atoms. The molecule has 0 aliphatic carbocycles. The molecule has 0 spiro atoms. The van der Waals surface area contributed by atoms with Crippen LogP contribution in [0, 0.1) is 12.8 Å². The first-order chi connectivity index (χ1) is 13.8. The maximum Gasteiger partial charge on any atom is 0.284 e. The lowest BCUT2D eigenvalue weighted by molar-refractivity contribution is 0.0894. The lowest BCUT2D eigenvalue weighted by Gasteiger charge is -2.20. The summed E-state index contributed by atoms with van der Waals surface area (Å²) in [5.74, 6) is -0.529. The van der Waals surface area contributed by atoms with Crippen molar-refractivity contribution in [1.29, 1.82) is 0 Å². The highest BCUT2D eigenvalue weighted by molar-refractivity contribution is 5.95. The van der Waals surface area contributed by atoms with Crippen LogP contribution in [0.25, 0.3) is 16.9 Å². The SMILES string of the molecule is Cc1ccc(-c2cc(C(=O)N[C@H](CO)C(C)C)c(=O)n(-c3cnn(C)c3)n2)cc1. The van der Waals surface area contributed by atoms with Gasteiger partial charge in [-0.2, -0.15) is 14.9 Å². The highest BCUT2D eigenvalue weighted by atomic mass is 16.3. The molecule has 0 aliphatic rings. The molecule has 0 saturated heterocycles. The number of hydrogen-bond donors (Lipinski definition) is 2. The van der Waals surface area contributed by atoms with Crippen molar-refractivity contribution in [3.05, 3.63) is 64.2 Å². The molecule has 0 saturated carbocycles. The molecule has 0 fully saturated rings. The molecule has 152 valence electrons. The van der Waals surface area contributed by atoms with Gasteiger partial charge in [-0.25, -0.2) is 0 Å². The molecule has 2 N–H and O–H groups in total. The van der Waals surface area contributed by atoms with Gasteiger partial charge in [0.1, 0.15) is 11.3 Å². The summed E-state index contributed by atoms with van der Waals surface area (Å²) >= 11 is 0. The zero-order valence-corrected chi connectivity index (χ0v) is 17.0. The Morgan fingerprint density at radius 3 is 2.48 bits per heavy atom. The normalized spacial score (nSPS) is 12.2. The average molecular weight is 395 g/mol. The van der Waals surface area contributed by atoms with Gasteiger partial charge in [-0.3, -0.25) is 14.3 Å². The van der Waals surface area contributed by atoms with Crippen LogP contribution >= 0.6 is 0 Å². The van der Waals surface area contributed by atoms with Crippen LogP contribution in [0.4, 0.5) is 0 Å². The van der Waals surface area contributed by atoms with E-state index < -0.39 is 17.5 Å². The second kappa shape index (κ2) is 8.40. The quantitative estimate of drug-likeness (QED) is 0.661. The van der Waals surface area contributed by atoms with E-state index in [1.54, 1.807) is 17.9 Å². The van der Waals surface area contributed by atoms with E-state index in [2.05, 4.69) is 15.5 Å². The number of aromatic nitrogens is 4. The van der Waals surface area contributed by atoms with Crippen LogP contribution in [0.3, 0.4) is 0 Å². The van der Waals surface area contributed by atoms with Crippen molar-refractivity contribution in [2.24, 2.45) is 13.0 Å². The zero-order valence-electron chi connectivity index (χ0n) is 17.0. The number of benzene rings is 1. The van der Waals surface area contributed by atoms with Crippen LogP contribution in [0.5, 0.6) is 0 Å². The summed E-state index contributed by atoms with van der Waals surface area (Å²) < 4.78 is 2.74. The van der Waals surface area contributed by atoms with E-state index in [1.165, 1.54) is 16.9 Å². The second-order valence-corrected chi connectivity index (χ2v) is 7.40. The predicted molar refractivity (Wildman–Crippen MR) is 110 cm³/mol. The Kier molecular flexibility index (Phi) is 5.93. The third kappa shape index (κ3) is 4.43. The number of aliphatic hydroxyl groups is 1. The number of rotatable bonds is 6. The Morgan fingerprint density at radius 2 is 1.93 bits per heavy atom. The fourth-order valence-electron chi connectivity index (χ4n) is 2.88. The summed E-state index contributed by atoms with van der Waals surface area (Å²) in [4.78, 5) is 25.9. The Morgan fingerprint density at radius 1 is 1.24 bits per heavy atom. The van der Waals surface area contributed by atoms with E-state index in [9.17, 15) is 14.7 Å². The van der Waals surface area contributed by atoms with Crippen molar-refractivity contribution in [2.75, 3.05) is 6.61 Å². The number of aliphatic hydroxyl groups excluding tert-OH is 1. The van der Waals surface area contributed by atoms with Crippen LogP contribution in [-0.2, 0) is 7.05 Å². The van der Waals surface area contributed by atoms with E-state index in [4.69, 9.17) is 0 Å². The van der Waals surface area contributed by atoms with Gasteiger partial charge in [0, 0.05) is 12.6 Å². The monoisotopic (exact) mass is 395 g/mol. The van der Waals surface area contributed by atoms with Crippen LogP contribution in [-0.4, -0.2) is 43.2 Å². The molecule has 0 radical (unpaired) electrons. The van der Waals surface area contributed by atoms with Gasteiger partial charge in [0.15, 0.2) is 0 Å². The summed E-state index contributed by atoms with van der Waals surface area (Å²) in [6.07, 6.45) is 3.17. The Bertz CT molecular complexity index is 1070. The molecule has 0 bridgehead atoms. The van der Waals surface area contributed by atoms with Crippen molar-refractivity contribution < 1.29 is 9.90 Å². The van der Waals surface area contributed by atoms with E-state index in [0.717, 1.165) is 11.1 Å². The largest absolute Gasteiger partial charge is 0.394 e. The average Bonchev–Trinajstić information content (AvgIpc) is 3.12. The molecular weight excluding hydrogens is 370 g/mol. The smallest absolute Gasteiger partial charge is 0.284 e. The summed E-state index contributed by atoms with van der Waals surface area (Å²) in [7, 11) is 1.74. The fourth-order valence-corrected chi connectivity index (χ4v) is 2.88. The summed E-state index contributed by atoms with van der Waals surface area (Å²) in [5.41, 5.74) is 2.23. The Hall–Kier alpha value is -3.26. The van der Waals surface area contributed by atoms with Gasteiger partial charge >= 0.3 is 0 Å². The maximum atomic E-state index is 13.0. The van der Waals surface area contributed by atoms with Gasteiger partial charge in [0.2, 0.25) is 0 Å². The van der Waals surface area contributed by atoms with E-state index in [0.29, 0.717) is 11.4 Å². The summed E-state index contributed by atoms with van der Waals surface area (Å²) in [5, 5.41) is 20.8. The lowest BCUT2D eigenvalue weighted by atomic mass is 10.0. The van der Waals surface area contributed by atoms with Crippen molar-refractivity contribution in [1.82, 2.24) is 24.9 Å². The number of hydrogen-bond acceptors (Lipinski definition) is 5. The Balaban J connectivity index is 2.13.